The molecule has 4 rings (SSSR count). The summed E-state index contributed by atoms with van der Waals surface area (Å²) in [6.07, 6.45) is 4.16. The van der Waals surface area contributed by atoms with Crippen LogP contribution in [0.25, 0.3) is 16.2 Å². The van der Waals surface area contributed by atoms with E-state index < -0.39 is 21.8 Å². The van der Waals surface area contributed by atoms with Crippen LogP contribution in [0.5, 0.6) is 5.75 Å². The van der Waals surface area contributed by atoms with Crippen LogP contribution in [0.4, 0.5) is 0 Å². The van der Waals surface area contributed by atoms with Crippen LogP contribution in [-0.4, -0.2) is 49.0 Å². The van der Waals surface area contributed by atoms with Crippen LogP contribution >= 0.6 is 22.9 Å². The van der Waals surface area contributed by atoms with Crippen molar-refractivity contribution in [2.45, 2.75) is 25.3 Å². The molecule has 0 aliphatic rings. The Hall–Kier alpha value is -2.92. The first kappa shape index (κ1) is 26.2. The lowest BCUT2D eigenvalue weighted by Crippen LogP contribution is -2.13. The van der Waals surface area contributed by atoms with E-state index in [1.807, 2.05) is 39.2 Å². The van der Waals surface area contributed by atoms with Gasteiger partial charge in [-0.05, 0) is 44.3 Å². The second-order valence-corrected chi connectivity index (χ2v) is 12.6. The zero-order valence-corrected chi connectivity index (χ0v) is 22.7. The van der Waals surface area contributed by atoms with E-state index in [0.717, 1.165) is 17.7 Å². The van der Waals surface area contributed by atoms with Crippen molar-refractivity contribution in [1.82, 2.24) is 14.3 Å². The normalized spacial score (nSPS) is 12.8. The third-order valence-electron chi connectivity index (χ3n) is 5.48. The first-order chi connectivity index (χ1) is 16.9. The lowest BCUT2D eigenvalue weighted by atomic mass is 10.1. The van der Waals surface area contributed by atoms with Crippen LogP contribution < -0.4 is 10.5 Å². The van der Waals surface area contributed by atoms with Crippen molar-refractivity contribution in [3.05, 3.63) is 75.4 Å². The summed E-state index contributed by atoms with van der Waals surface area (Å²) >= 11 is 7.74. The van der Waals surface area contributed by atoms with E-state index >= 15 is 0 Å². The maximum atomic E-state index is 12.2. The van der Waals surface area contributed by atoms with Gasteiger partial charge in [-0.25, -0.2) is 13.4 Å². The summed E-state index contributed by atoms with van der Waals surface area (Å²) in [4.78, 5) is 19.7. The molecular formula is C25H27ClN4O4S2. The molecule has 0 fully saturated rings. The predicted octanol–water partition coefficient (Wildman–Crippen LogP) is 4.56. The lowest BCUT2D eigenvalue weighted by molar-refractivity contribution is 0.0998. The Morgan fingerprint density at radius 2 is 1.94 bits per heavy atom. The minimum Gasteiger partial charge on any atom is -0.484 e. The number of rotatable bonds is 9. The molecule has 0 spiro atoms. The van der Waals surface area contributed by atoms with Crippen molar-refractivity contribution in [2.24, 2.45) is 5.73 Å². The van der Waals surface area contributed by atoms with Crippen molar-refractivity contribution in [3.8, 4) is 16.3 Å². The average molecular weight is 547 g/mol. The van der Waals surface area contributed by atoms with Gasteiger partial charge in [0.25, 0.3) is 5.91 Å². The van der Waals surface area contributed by atoms with Crippen LogP contribution in [0, 0.1) is 0 Å². The molecular weight excluding hydrogens is 520 g/mol. The van der Waals surface area contributed by atoms with Gasteiger partial charge in [-0.2, -0.15) is 0 Å². The SMILES string of the molecule is C[C@@H](Oc1cc(-c2cnc3ccc(CS(C)(=O)=O)cn23)sc1C(N)=O)c1ccc(CN(C)C)cc1Cl. The van der Waals surface area contributed by atoms with Crippen molar-refractivity contribution in [1.29, 1.82) is 0 Å². The van der Waals surface area contributed by atoms with E-state index in [1.54, 1.807) is 35.0 Å². The van der Waals surface area contributed by atoms with Gasteiger partial charge < -0.3 is 15.4 Å². The summed E-state index contributed by atoms with van der Waals surface area (Å²) in [6, 6.07) is 11.1. The number of pyridine rings is 1. The first-order valence-corrected chi connectivity index (χ1v) is 14.3. The number of carbonyl (C=O) groups is 1. The Labute approximate surface area is 219 Å². The zero-order valence-electron chi connectivity index (χ0n) is 20.4. The monoisotopic (exact) mass is 546 g/mol. The van der Waals surface area contributed by atoms with Crippen molar-refractivity contribution in [3.63, 3.8) is 0 Å². The van der Waals surface area contributed by atoms with Gasteiger partial charge in [-0.3, -0.25) is 9.20 Å². The van der Waals surface area contributed by atoms with E-state index in [2.05, 4.69) is 9.88 Å². The molecule has 190 valence electrons. The summed E-state index contributed by atoms with van der Waals surface area (Å²) < 4.78 is 31.5. The summed E-state index contributed by atoms with van der Waals surface area (Å²) in [5, 5.41) is 0.582. The molecule has 0 aliphatic carbocycles. The highest BCUT2D eigenvalue weighted by Gasteiger charge is 2.22. The molecule has 36 heavy (non-hydrogen) atoms. The molecule has 3 heterocycles. The number of ether oxygens (including phenoxy) is 1. The molecule has 8 nitrogen and oxygen atoms in total. The van der Waals surface area contributed by atoms with Gasteiger partial charge in [-0.1, -0.05) is 29.8 Å². The van der Waals surface area contributed by atoms with Crippen molar-refractivity contribution < 1.29 is 17.9 Å². The Balaban J connectivity index is 1.67. The number of halogens is 1. The Bertz CT molecular complexity index is 1540. The van der Waals surface area contributed by atoms with Crippen LogP contribution in [0.15, 0.2) is 48.8 Å². The number of nitrogens with two attached hydrogens (primary N) is 1. The highest BCUT2D eigenvalue weighted by atomic mass is 35.5. The maximum absolute atomic E-state index is 12.2. The molecule has 1 amide bonds. The van der Waals surface area contributed by atoms with Gasteiger partial charge in [-0.15, -0.1) is 11.3 Å². The predicted molar refractivity (Wildman–Crippen MR) is 143 cm³/mol. The lowest BCUT2D eigenvalue weighted by Gasteiger charge is -2.17. The Kier molecular flexibility index (Phi) is 7.42. The van der Waals surface area contributed by atoms with E-state index in [0.29, 0.717) is 32.6 Å². The standard InChI is InChI=1S/C25H27ClN4O4S2/c1-15(18-7-5-16(9-19(18)26)12-29(2)3)34-21-10-22(35-24(21)25(27)31)20-11-28-23-8-6-17(13-30(20)23)14-36(4,32)33/h5-11,13,15H,12,14H2,1-4H3,(H2,27,31)/t15-/m1/s1. The average Bonchev–Trinajstić information content (AvgIpc) is 3.36. The van der Waals surface area contributed by atoms with Crippen LogP contribution in [0.1, 0.15) is 39.4 Å². The van der Waals surface area contributed by atoms with Crippen LogP contribution in [-0.2, 0) is 22.1 Å². The molecule has 1 aromatic carbocycles. The van der Waals surface area contributed by atoms with E-state index in [1.165, 1.54) is 17.6 Å². The summed E-state index contributed by atoms with van der Waals surface area (Å²) in [7, 11) is 0.781. The second-order valence-electron chi connectivity index (χ2n) is 9.00. The fraction of sp³-hybridized carbons (Fsp3) is 0.280. The molecule has 11 heteroatoms. The summed E-state index contributed by atoms with van der Waals surface area (Å²) in [5.74, 6) is -0.338. The van der Waals surface area contributed by atoms with Gasteiger partial charge in [0.05, 0.1) is 22.5 Å². The number of imidazole rings is 1. The molecule has 0 aliphatic heterocycles. The number of aromatic nitrogens is 2. The van der Waals surface area contributed by atoms with E-state index in [-0.39, 0.29) is 10.6 Å². The quantitative estimate of drug-likeness (QED) is 0.330. The number of nitrogens with zero attached hydrogens (tertiary/aromatic N) is 3. The number of hydrogen-bond donors (Lipinski definition) is 1. The minimum atomic E-state index is -3.20. The van der Waals surface area contributed by atoms with Gasteiger partial charge in [0.15, 0.2) is 9.84 Å². The van der Waals surface area contributed by atoms with Crippen molar-refractivity contribution in [2.75, 3.05) is 20.4 Å². The van der Waals surface area contributed by atoms with Crippen LogP contribution in [0.3, 0.4) is 0 Å². The second kappa shape index (κ2) is 10.2. The smallest absolute Gasteiger partial charge is 0.262 e. The van der Waals surface area contributed by atoms with Crippen molar-refractivity contribution >= 4 is 44.3 Å². The number of sulfone groups is 1. The number of carbonyl (C=O) groups excluding carboxylic acids is 1. The van der Waals surface area contributed by atoms with E-state index in [4.69, 9.17) is 22.1 Å². The molecule has 3 aromatic heterocycles. The third kappa shape index (κ3) is 5.89. The first-order valence-electron chi connectivity index (χ1n) is 11.1. The minimum absolute atomic E-state index is 0.0858. The fourth-order valence-corrected chi connectivity index (χ4v) is 6.06. The van der Waals surface area contributed by atoms with Gasteiger partial charge in [0.1, 0.15) is 22.4 Å². The number of primary amides is 1. The molecule has 1 atom stereocenters. The number of fused-ring (bicyclic) bond motifs is 1. The molecule has 2 N–H and O–H groups in total. The van der Waals surface area contributed by atoms with Gasteiger partial charge >= 0.3 is 0 Å². The number of thiophene rings is 1. The molecule has 0 saturated carbocycles. The van der Waals surface area contributed by atoms with Gasteiger partial charge in [0.2, 0.25) is 0 Å². The summed E-state index contributed by atoms with van der Waals surface area (Å²) in [6.45, 7) is 2.63. The summed E-state index contributed by atoms with van der Waals surface area (Å²) in [5.41, 5.74) is 9.52. The number of hydrogen-bond acceptors (Lipinski definition) is 7. The highest BCUT2D eigenvalue weighted by molar-refractivity contribution is 7.89. The molecule has 0 unspecified atom stereocenters. The highest BCUT2D eigenvalue weighted by Crippen LogP contribution is 2.39. The maximum Gasteiger partial charge on any atom is 0.262 e. The number of amides is 1. The van der Waals surface area contributed by atoms with Gasteiger partial charge in [0, 0.05) is 35.6 Å². The molecule has 4 aromatic rings. The third-order valence-corrected chi connectivity index (χ3v) is 7.81. The van der Waals surface area contributed by atoms with Crippen LogP contribution in [0.2, 0.25) is 5.02 Å². The number of benzene rings is 1. The molecule has 0 bridgehead atoms. The zero-order chi connectivity index (χ0) is 26.2. The topological polar surface area (TPSA) is 107 Å². The molecule has 0 saturated heterocycles. The molecule has 0 radical (unpaired) electrons. The Morgan fingerprint density at radius 3 is 2.58 bits per heavy atom. The van der Waals surface area contributed by atoms with E-state index in [9.17, 15) is 13.2 Å². The largest absolute Gasteiger partial charge is 0.484 e. The fourth-order valence-electron chi connectivity index (χ4n) is 3.97. The Morgan fingerprint density at radius 1 is 1.22 bits per heavy atom.